The molecule has 0 aliphatic carbocycles. The smallest absolute Gasteiger partial charge is 0.227 e. The largest absolute Gasteiger partial charge is 0.326 e. The van der Waals surface area contributed by atoms with Gasteiger partial charge in [-0.05, 0) is 44.5 Å². The van der Waals surface area contributed by atoms with Gasteiger partial charge in [0.1, 0.15) is 5.51 Å². The summed E-state index contributed by atoms with van der Waals surface area (Å²) in [6, 6.07) is 5.94. The first kappa shape index (κ1) is 19.5. The van der Waals surface area contributed by atoms with Crippen LogP contribution in [0, 0.1) is 5.92 Å². The van der Waals surface area contributed by atoms with Gasteiger partial charge in [0, 0.05) is 22.5 Å². The van der Waals surface area contributed by atoms with E-state index in [-0.39, 0.29) is 24.2 Å². The molecular formula is C15H18Cl2N4OS2. The number of halogens is 2. The lowest BCUT2D eigenvalue weighted by Gasteiger charge is -2.27. The second-order valence-electron chi connectivity index (χ2n) is 5.52. The third-order valence-electron chi connectivity index (χ3n) is 3.73. The molecule has 1 amide bonds. The molecule has 2 aromatic rings. The van der Waals surface area contributed by atoms with Crippen LogP contribution >= 0.6 is 47.1 Å². The minimum Gasteiger partial charge on any atom is -0.326 e. The Morgan fingerprint density at radius 2 is 2.33 bits per heavy atom. The lowest BCUT2D eigenvalue weighted by atomic mass is 9.92. The average Bonchev–Trinajstić information content (AvgIpc) is 3.03. The Labute approximate surface area is 160 Å². The maximum atomic E-state index is 12.4. The Hall–Kier alpha value is -0.860. The number of anilines is 1. The molecular weight excluding hydrogens is 387 g/mol. The van der Waals surface area contributed by atoms with Crippen molar-refractivity contribution in [2.45, 2.75) is 35.0 Å². The summed E-state index contributed by atoms with van der Waals surface area (Å²) in [6.07, 6.45) is 1.74. The number of amides is 1. The summed E-state index contributed by atoms with van der Waals surface area (Å²) >= 11 is 9.25. The molecule has 3 rings (SSSR count). The third-order valence-corrected chi connectivity index (χ3v) is 6.01. The van der Waals surface area contributed by atoms with Crippen molar-refractivity contribution in [1.29, 1.82) is 0 Å². The van der Waals surface area contributed by atoms with Gasteiger partial charge in [-0.25, -0.2) is 0 Å². The zero-order chi connectivity index (χ0) is 16.2. The van der Waals surface area contributed by atoms with Crippen LogP contribution in [0.1, 0.15) is 19.8 Å². The van der Waals surface area contributed by atoms with E-state index < -0.39 is 0 Å². The second-order valence-corrected chi connectivity index (χ2v) is 8.05. The van der Waals surface area contributed by atoms with Crippen molar-refractivity contribution in [1.82, 2.24) is 15.5 Å². The number of piperidine rings is 1. The number of rotatable bonds is 4. The fourth-order valence-electron chi connectivity index (χ4n) is 2.58. The zero-order valence-corrected chi connectivity index (χ0v) is 16.2. The number of nitrogens with zero attached hydrogens (tertiary/aromatic N) is 2. The topological polar surface area (TPSA) is 66.9 Å². The van der Waals surface area contributed by atoms with Crippen LogP contribution in [0.2, 0.25) is 5.02 Å². The fourth-order valence-corrected chi connectivity index (χ4v) is 4.31. The number of carbonyl (C=O) groups is 1. The lowest BCUT2D eigenvalue weighted by molar-refractivity contribution is -0.120. The molecule has 24 heavy (non-hydrogen) atoms. The van der Waals surface area contributed by atoms with E-state index in [0.717, 1.165) is 34.3 Å². The first-order valence-corrected chi connectivity index (χ1v) is 9.47. The van der Waals surface area contributed by atoms with E-state index in [2.05, 4.69) is 27.8 Å². The number of hydrogen-bond acceptors (Lipinski definition) is 6. The van der Waals surface area contributed by atoms with Crippen LogP contribution in [0.15, 0.2) is 32.9 Å². The van der Waals surface area contributed by atoms with Gasteiger partial charge in [-0.3, -0.25) is 4.79 Å². The van der Waals surface area contributed by atoms with Gasteiger partial charge in [0.2, 0.25) is 5.91 Å². The quantitative estimate of drug-likeness (QED) is 0.802. The first-order chi connectivity index (χ1) is 11.1. The predicted octanol–water partition coefficient (Wildman–Crippen LogP) is 4.09. The van der Waals surface area contributed by atoms with Gasteiger partial charge >= 0.3 is 0 Å². The van der Waals surface area contributed by atoms with E-state index in [1.54, 1.807) is 11.6 Å². The van der Waals surface area contributed by atoms with Crippen molar-refractivity contribution in [2.24, 2.45) is 5.92 Å². The highest BCUT2D eigenvalue weighted by Gasteiger charge is 2.24. The van der Waals surface area contributed by atoms with Crippen LogP contribution in [0.5, 0.6) is 0 Å². The number of aromatic nitrogens is 2. The molecule has 1 fully saturated rings. The highest BCUT2D eigenvalue weighted by molar-refractivity contribution is 8.01. The third kappa shape index (κ3) is 5.07. The average molecular weight is 405 g/mol. The summed E-state index contributed by atoms with van der Waals surface area (Å²) in [5.41, 5.74) is 2.41. The lowest BCUT2D eigenvalue weighted by Crippen LogP contribution is -2.40. The molecule has 0 bridgehead atoms. The molecule has 1 saturated heterocycles. The van der Waals surface area contributed by atoms with Crippen LogP contribution in [0.4, 0.5) is 5.69 Å². The van der Waals surface area contributed by atoms with Gasteiger partial charge in [-0.1, -0.05) is 34.7 Å². The van der Waals surface area contributed by atoms with Gasteiger partial charge in [0.05, 0.1) is 5.02 Å². The zero-order valence-electron chi connectivity index (χ0n) is 13.0. The Balaban J connectivity index is 0.00000208. The maximum Gasteiger partial charge on any atom is 0.227 e. The van der Waals surface area contributed by atoms with Crippen molar-refractivity contribution in [2.75, 3.05) is 11.9 Å². The number of carbonyl (C=O) groups excluding carboxylic acids is 1. The highest BCUT2D eigenvalue weighted by Crippen LogP contribution is 2.35. The SMILES string of the molecule is C[C@H]1C[C@@H](C(=O)Nc2ccc(Sc3nncs3)c(Cl)c2)CCN1.Cl. The summed E-state index contributed by atoms with van der Waals surface area (Å²) < 4.78 is 0.840. The molecule has 0 unspecified atom stereocenters. The molecule has 0 saturated carbocycles. The standard InChI is InChI=1S/C15H17ClN4OS2.ClH/c1-9-6-10(4-5-17-9)14(21)19-11-2-3-13(12(16)7-11)23-15-20-18-8-22-15;/h2-3,7-10,17H,4-6H2,1H3,(H,19,21);1H/t9-,10-;/m0./s1. The van der Waals surface area contributed by atoms with Crippen molar-refractivity contribution in [3.8, 4) is 0 Å². The van der Waals surface area contributed by atoms with Crippen molar-refractivity contribution in [3.63, 3.8) is 0 Å². The van der Waals surface area contributed by atoms with Crippen molar-refractivity contribution >= 4 is 58.7 Å². The highest BCUT2D eigenvalue weighted by atomic mass is 35.5. The molecule has 5 nitrogen and oxygen atoms in total. The maximum absolute atomic E-state index is 12.4. The minimum absolute atomic E-state index is 0. The Morgan fingerprint density at radius 3 is 3.00 bits per heavy atom. The van der Waals surface area contributed by atoms with E-state index in [1.807, 2.05) is 12.1 Å². The Morgan fingerprint density at radius 1 is 1.50 bits per heavy atom. The molecule has 1 aromatic heterocycles. The Kier molecular flexibility index (Phi) is 7.31. The first-order valence-electron chi connectivity index (χ1n) is 7.39. The number of hydrogen-bond donors (Lipinski definition) is 2. The summed E-state index contributed by atoms with van der Waals surface area (Å²) in [5, 5.41) is 14.7. The molecule has 2 atom stereocenters. The second kappa shape index (κ2) is 9.01. The van der Waals surface area contributed by atoms with E-state index in [0.29, 0.717) is 11.1 Å². The summed E-state index contributed by atoms with van der Waals surface area (Å²) in [7, 11) is 0. The molecule has 2 N–H and O–H groups in total. The summed E-state index contributed by atoms with van der Waals surface area (Å²) in [4.78, 5) is 13.3. The molecule has 0 spiro atoms. The van der Waals surface area contributed by atoms with Gasteiger partial charge < -0.3 is 10.6 Å². The van der Waals surface area contributed by atoms with Crippen molar-refractivity contribution < 1.29 is 4.79 Å². The van der Waals surface area contributed by atoms with Crippen LogP contribution in [-0.4, -0.2) is 28.7 Å². The number of nitrogens with one attached hydrogen (secondary N) is 2. The number of benzene rings is 1. The fraction of sp³-hybridized carbons (Fsp3) is 0.400. The van der Waals surface area contributed by atoms with Crippen molar-refractivity contribution in [3.05, 3.63) is 28.7 Å². The van der Waals surface area contributed by atoms with Gasteiger partial charge in [-0.15, -0.1) is 22.6 Å². The van der Waals surface area contributed by atoms with Gasteiger partial charge in [-0.2, -0.15) is 0 Å². The molecule has 0 radical (unpaired) electrons. The Bertz CT molecular complexity index is 684. The van der Waals surface area contributed by atoms with E-state index in [9.17, 15) is 4.79 Å². The van der Waals surface area contributed by atoms with Gasteiger partial charge in [0.15, 0.2) is 4.34 Å². The minimum atomic E-state index is 0. The van der Waals surface area contributed by atoms with E-state index in [4.69, 9.17) is 11.6 Å². The van der Waals surface area contributed by atoms with Crippen LogP contribution in [0.25, 0.3) is 0 Å². The van der Waals surface area contributed by atoms with Crippen LogP contribution in [0.3, 0.4) is 0 Å². The monoisotopic (exact) mass is 404 g/mol. The predicted molar refractivity (Wildman–Crippen MR) is 102 cm³/mol. The summed E-state index contributed by atoms with van der Waals surface area (Å²) in [6.45, 7) is 2.99. The molecule has 9 heteroatoms. The molecule has 2 heterocycles. The molecule has 1 aliphatic heterocycles. The summed E-state index contributed by atoms with van der Waals surface area (Å²) in [5.74, 6) is 0.124. The van der Waals surface area contributed by atoms with E-state index in [1.165, 1.54) is 23.1 Å². The molecule has 1 aromatic carbocycles. The van der Waals surface area contributed by atoms with Gasteiger partial charge in [0.25, 0.3) is 0 Å². The van der Waals surface area contributed by atoms with Crippen LogP contribution < -0.4 is 10.6 Å². The molecule has 1 aliphatic rings. The normalized spacial score (nSPS) is 20.2. The van der Waals surface area contributed by atoms with E-state index >= 15 is 0 Å². The molecule has 130 valence electrons. The van der Waals surface area contributed by atoms with Crippen LogP contribution in [-0.2, 0) is 4.79 Å².